The highest BCUT2D eigenvalue weighted by Crippen LogP contribution is 2.39. The van der Waals surface area contributed by atoms with E-state index < -0.39 is 5.69 Å². The van der Waals surface area contributed by atoms with E-state index in [2.05, 4.69) is 10.3 Å². The summed E-state index contributed by atoms with van der Waals surface area (Å²) in [6.45, 7) is 2.05. The van der Waals surface area contributed by atoms with Crippen molar-refractivity contribution < 1.29 is 4.79 Å². The van der Waals surface area contributed by atoms with Crippen LogP contribution < -0.4 is 22.3 Å². The number of aromatic amines is 1. The molecular weight excluding hydrogens is 344 g/mol. The van der Waals surface area contributed by atoms with Gasteiger partial charge in [0.25, 0.3) is 11.5 Å². The third-order valence-corrected chi connectivity index (χ3v) is 6.23. The molecule has 0 aliphatic heterocycles. The molecule has 0 spiro atoms. The van der Waals surface area contributed by atoms with Gasteiger partial charge in [0.1, 0.15) is 0 Å². The molecule has 144 valence electrons. The van der Waals surface area contributed by atoms with Crippen LogP contribution >= 0.6 is 0 Å². The molecule has 2 aromatic rings. The van der Waals surface area contributed by atoms with Gasteiger partial charge in [0.15, 0.2) is 0 Å². The lowest BCUT2D eigenvalue weighted by Crippen LogP contribution is -2.53. The van der Waals surface area contributed by atoms with Crippen LogP contribution in [0.25, 0.3) is 10.9 Å². The van der Waals surface area contributed by atoms with Crippen LogP contribution in [0, 0.1) is 11.8 Å². The third kappa shape index (κ3) is 3.20. The molecule has 1 heterocycles. The Morgan fingerprint density at radius 2 is 1.96 bits per heavy atom. The molecule has 2 saturated carbocycles. The van der Waals surface area contributed by atoms with Crippen LogP contribution in [-0.2, 0) is 6.54 Å². The van der Waals surface area contributed by atoms with E-state index in [0.29, 0.717) is 34.8 Å². The number of aromatic nitrogens is 2. The Balaban J connectivity index is 1.62. The van der Waals surface area contributed by atoms with Crippen molar-refractivity contribution in [1.82, 2.24) is 14.9 Å². The minimum Gasteiger partial charge on any atom is -0.349 e. The average molecular weight is 370 g/mol. The fraction of sp³-hybridized carbons (Fsp3) is 0.550. The van der Waals surface area contributed by atoms with E-state index in [4.69, 9.17) is 5.73 Å². The number of carbonyl (C=O) groups excluding carboxylic acids is 1. The van der Waals surface area contributed by atoms with Crippen molar-refractivity contribution in [2.75, 3.05) is 0 Å². The molecule has 1 aromatic heterocycles. The second-order valence-corrected chi connectivity index (χ2v) is 7.92. The summed E-state index contributed by atoms with van der Waals surface area (Å²) in [5, 5.41) is 3.62. The fourth-order valence-corrected chi connectivity index (χ4v) is 4.94. The van der Waals surface area contributed by atoms with Crippen LogP contribution in [0.3, 0.4) is 0 Å². The maximum absolute atomic E-state index is 12.8. The average Bonchev–Trinajstić information content (AvgIpc) is 2.62. The summed E-state index contributed by atoms with van der Waals surface area (Å²) in [7, 11) is 0. The fourth-order valence-electron chi connectivity index (χ4n) is 4.94. The van der Waals surface area contributed by atoms with Crippen LogP contribution in [0.4, 0.5) is 0 Å². The van der Waals surface area contributed by atoms with Gasteiger partial charge in [-0.2, -0.15) is 0 Å². The summed E-state index contributed by atoms with van der Waals surface area (Å²) < 4.78 is 1.15. The Bertz CT molecular complexity index is 979. The quantitative estimate of drug-likeness (QED) is 0.757. The zero-order valence-electron chi connectivity index (χ0n) is 15.5. The number of amides is 1. The van der Waals surface area contributed by atoms with Crippen molar-refractivity contribution in [1.29, 1.82) is 0 Å². The lowest BCUT2D eigenvalue weighted by molar-refractivity contribution is 0.0756. The molecule has 0 radical (unpaired) electrons. The Morgan fingerprint density at radius 1 is 1.26 bits per heavy atom. The number of hydrogen-bond acceptors (Lipinski definition) is 4. The number of carbonyl (C=O) groups is 1. The Hall–Kier alpha value is -2.41. The molecule has 7 heteroatoms. The van der Waals surface area contributed by atoms with Crippen molar-refractivity contribution >= 4 is 16.8 Å². The number of nitrogens with two attached hydrogens (primary N) is 1. The van der Waals surface area contributed by atoms with E-state index in [0.717, 1.165) is 30.3 Å². The van der Waals surface area contributed by atoms with Crippen molar-refractivity contribution in [3.63, 3.8) is 0 Å². The second kappa shape index (κ2) is 6.96. The molecule has 2 aliphatic rings. The largest absolute Gasteiger partial charge is 0.349 e. The number of rotatable bonds is 3. The van der Waals surface area contributed by atoms with Crippen molar-refractivity contribution in [2.45, 2.75) is 57.7 Å². The zero-order chi connectivity index (χ0) is 19.1. The van der Waals surface area contributed by atoms with E-state index in [1.165, 1.54) is 6.42 Å². The van der Waals surface area contributed by atoms with Crippen LogP contribution in [0.1, 0.15) is 49.4 Å². The highest BCUT2D eigenvalue weighted by Gasteiger charge is 2.39. The van der Waals surface area contributed by atoms with Gasteiger partial charge >= 0.3 is 5.69 Å². The van der Waals surface area contributed by atoms with Gasteiger partial charge in [-0.15, -0.1) is 0 Å². The summed E-state index contributed by atoms with van der Waals surface area (Å²) in [5.74, 6) is 0.719. The summed E-state index contributed by atoms with van der Waals surface area (Å²) in [6.07, 6.45) is 5.34. The Labute approximate surface area is 157 Å². The predicted molar refractivity (Wildman–Crippen MR) is 104 cm³/mol. The summed E-state index contributed by atoms with van der Waals surface area (Å²) in [6, 6.07) is 5.26. The monoisotopic (exact) mass is 370 g/mol. The van der Waals surface area contributed by atoms with Gasteiger partial charge in [0, 0.05) is 24.2 Å². The van der Waals surface area contributed by atoms with Gasteiger partial charge in [-0.05, 0) is 62.6 Å². The molecule has 4 rings (SSSR count). The molecular formula is C20H26N4O3. The number of fused-ring (bicyclic) bond motifs is 3. The smallest absolute Gasteiger partial charge is 0.328 e. The number of H-pyrrole nitrogens is 1. The maximum atomic E-state index is 12.8. The van der Waals surface area contributed by atoms with Gasteiger partial charge in [-0.3, -0.25) is 14.2 Å². The molecule has 1 amide bonds. The normalized spacial score (nSPS) is 27.5. The highest BCUT2D eigenvalue weighted by molar-refractivity contribution is 5.97. The van der Waals surface area contributed by atoms with Crippen molar-refractivity contribution in [3.05, 3.63) is 44.6 Å². The third-order valence-electron chi connectivity index (χ3n) is 6.23. The highest BCUT2D eigenvalue weighted by atomic mass is 16.2. The van der Waals surface area contributed by atoms with Gasteiger partial charge < -0.3 is 16.0 Å². The topological polar surface area (TPSA) is 110 Å². The zero-order valence-corrected chi connectivity index (χ0v) is 15.5. The van der Waals surface area contributed by atoms with E-state index in [9.17, 15) is 14.4 Å². The molecule has 1 aromatic carbocycles. The van der Waals surface area contributed by atoms with Gasteiger partial charge in [-0.25, -0.2) is 4.79 Å². The molecule has 27 heavy (non-hydrogen) atoms. The lowest BCUT2D eigenvalue weighted by atomic mass is 9.67. The van der Waals surface area contributed by atoms with Crippen LogP contribution in [0.2, 0.25) is 0 Å². The standard InChI is InChI=1S/C20H26N4O3/c1-2-24-19(26)15-7-6-13(10-16(15)22-20(24)27)18(25)23-17-11-4-3-5-12(17)9-14(21)8-11/h6-7,10-12,14,17H,2-5,8-9,21H2,1H3,(H,22,27)(H,23,25). The lowest BCUT2D eigenvalue weighted by Gasteiger charge is -2.45. The molecule has 2 fully saturated rings. The number of nitrogens with one attached hydrogen (secondary N) is 2. The summed E-state index contributed by atoms with van der Waals surface area (Å²) in [4.78, 5) is 40.0. The SMILES string of the molecule is CCn1c(=O)[nH]c2cc(C(=O)NC3C4CCCC3CC(N)C4)ccc2c1=O. The second-order valence-electron chi connectivity index (χ2n) is 7.92. The van der Waals surface area contributed by atoms with Gasteiger partial charge in [0.2, 0.25) is 0 Å². The van der Waals surface area contributed by atoms with Crippen LogP contribution in [0.5, 0.6) is 0 Å². The van der Waals surface area contributed by atoms with Gasteiger partial charge in [-0.1, -0.05) is 6.42 Å². The van der Waals surface area contributed by atoms with E-state index in [1.807, 2.05) is 0 Å². The van der Waals surface area contributed by atoms with Crippen LogP contribution in [0.15, 0.2) is 27.8 Å². The van der Waals surface area contributed by atoms with Crippen molar-refractivity contribution in [2.24, 2.45) is 17.6 Å². The number of benzene rings is 1. The number of hydrogen-bond donors (Lipinski definition) is 3. The predicted octanol–water partition coefficient (Wildman–Crippen LogP) is 1.35. The summed E-state index contributed by atoms with van der Waals surface area (Å²) >= 11 is 0. The first-order chi connectivity index (χ1) is 13.0. The van der Waals surface area contributed by atoms with Crippen LogP contribution in [-0.4, -0.2) is 27.5 Å². The Morgan fingerprint density at radius 3 is 2.63 bits per heavy atom. The first-order valence-electron chi connectivity index (χ1n) is 9.81. The molecule has 2 atom stereocenters. The summed E-state index contributed by atoms with van der Waals surface area (Å²) in [5.41, 5.74) is 6.23. The molecule has 2 bridgehead atoms. The molecule has 2 unspecified atom stereocenters. The first-order valence-corrected chi connectivity index (χ1v) is 9.81. The first kappa shape index (κ1) is 18.0. The minimum absolute atomic E-state index is 0.158. The molecule has 0 saturated heterocycles. The van der Waals surface area contributed by atoms with E-state index >= 15 is 0 Å². The molecule has 2 aliphatic carbocycles. The van der Waals surface area contributed by atoms with Crippen molar-refractivity contribution in [3.8, 4) is 0 Å². The molecule has 4 N–H and O–H groups in total. The maximum Gasteiger partial charge on any atom is 0.328 e. The van der Waals surface area contributed by atoms with E-state index in [1.54, 1.807) is 25.1 Å². The minimum atomic E-state index is -0.455. The molecule has 7 nitrogen and oxygen atoms in total. The van der Waals surface area contributed by atoms with E-state index in [-0.39, 0.29) is 23.6 Å². The van der Waals surface area contributed by atoms with Gasteiger partial charge in [0.05, 0.1) is 10.9 Å². The Kier molecular flexibility index (Phi) is 4.63. The number of nitrogens with zero attached hydrogens (tertiary/aromatic N) is 1.